The maximum absolute atomic E-state index is 13.4. The summed E-state index contributed by atoms with van der Waals surface area (Å²) < 4.78 is 18.6. The second-order valence-electron chi connectivity index (χ2n) is 4.52. The van der Waals surface area contributed by atoms with E-state index >= 15 is 0 Å². The number of halogens is 1. The van der Waals surface area contributed by atoms with Crippen molar-refractivity contribution >= 4 is 5.97 Å². The Morgan fingerprint density at radius 3 is 2.53 bits per heavy atom. The lowest BCUT2D eigenvalue weighted by Gasteiger charge is -2.33. The van der Waals surface area contributed by atoms with Gasteiger partial charge in [-0.3, -0.25) is 4.79 Å². The van der Waals surface area contributed by atoms with Crippen molar-refractivity contribution in [1.29, 1.82) is 0 Å². The standard InChI is InChI=1S/C13H15FO3/c1-9-6-10(8-11(14)7-9)13(12(15)16)2-4-17-5-3-13/h6-8H,2-5H2,1H3,(H,15,16). The molecular weight excluding hydrogens is 223 g/mol. The summed E-state index contributed by atoms with van der Waals surface area (Å²) in [5.74, 6) is -1.28. The van der Waals surface area contributed by atoms with Gasteiger partial charge in [0, 0.05) is 13.2 Å². The van der Waals surface area contributed by atoms with E-state index in [4.69, 9.17) is 4.74 Å². The third kappa shape index (κ3) is 2.17. The molecule has 0 radical (unpaired) electrons. The van der Waals surface area contributed by atoms with Gasteiger partial charge in [-0.2, -0.15) is 0 Å². The highest BCUT2D eigenvalue weighted by Gasteiger charge is 2.42. The SMILES string of the molecule is Cc1cc(F)cc(C2(C(=O)O)CCOCC2)c1. The molecule has 0 spiro atoms. The van der Waals surface area contributed by atoms with Gasteiger partial charge in [-0.15, -0.1) is 0 Å². The van der Waals surface area contributed by atoms with Gasteiger partial charge in [-0.05, 0) is 43.0 Å². The molecule has 4 heteroatoms. The van der Waals surface area contributed by atoms with Crippen molar-refractivity contribution < 1.29 is 19.0 Å². The zero-order valence-corrected chi connectivity index (χ0v) is 9.70. The quantitative estimate of drug-likeness (QED) is 0.859. The Hall–Kier alpha value is -1.42. The van der Waals surface area contributed by atoms with Crippen LogP contribution in [0, 0.1) is 12.7 Å². The lowest BCUT2D eigenvalue weighted by Crippen LogP contribution is -2.41. The summed E-state index contributed by atoms with van der Waals surface area (Å²) in [7, 11) is 0. The van der Waals surface area contributed by atoms with Crippen molar-refractivity contribution in [3.8, 4) is 0 Å². The van der Waals surface area contributed by atoms with Crippen molar-refractivity contribution in [1.82, 2.24) is 0 Å². The number of rotatable bonds is 2. The van der Waals surface area contributed by atoms with Gasteiger partial charge < -0.3 is 9.84 Å². The van der Waals surface area contributed by atoms with Crippen molar-refractivity contribution in [2.75, 3.05) is 13.2 Å². The van der Waals surface area contributed by atoms with Gasteiger partial charge in [0.15, 0.2) is 0 Å². The average molecular weight is 238 g/mol. The number of aliphatic carboxylic acids is 1. The van der Waals surface area contributed by atoms with Crippen LogP contribution in [0.15, 0.2) is 18.2 Å². The first-order valence-electron chi connectivity index (χ1n) is 5.63. The van der Waals surface area contributed by atoms with Crippen molar-refractivity contribution in [3.05, 3.63) is 35.1 Å². The molecule has 1 saturated heterocycles. The monoisotopic (exact) mass is 238 g/mol. The Morgan fingerprint density at radius 1 is 1.35 bits per heavy atom. The highest BCUT2D eigenvalue weighted by atomic mass is 19.1. The van der Waals surface area contributed by atoms with Crippen molar-refractivity contribution in [3.63, 3.8) is 0 Å². The average Bonchev–Trinajstić information content (AvgIpc) is 2.28. The third-order valence-corrected chi connectivity index (χ3v) is 3.35. The molecule has 0 aromatic heterocycles. The van der Waals surface area contributed by atoms with E-state index in [9.17, 15) is 14.3 Å². The van der Waals surface area contributed by atoms with Gasteiger partial charge in [-0.1, -0.05) is 6.07 Å². The summed E-state index contributed by atoms with van der Waals surface area (Å²) in [5, 5.41) is 9.45. The second-order valence-corrected chi connectivity index (χ2v) is 4.52. The Balaban J connectivity index is 2.48. The number of ether oxygens (including phenoxy) is 1. The molecule has 0 aliphatic carbocycles. The van der Waals surface area contributed by atoms with Crippen LogP contribution in [0.1, 0.15) is 24.0 Å². The number of carbonyl (C=O) groups is 1. The Morgan fingerprint density at radius 2 is 2.00 bits per heavy atom. The number of carboxylic acid groups (broad SMARTS) is 1. The molecular formula is C13H15FO3. The number of aryl methyl sites for hydroxylation is 1. The number of benzene rings is 1. The summed E-state index contributed by atoms with van der Waals surface area (Å²) in [6.45, 7) is 2.57. The molecule has 1 fully saturated rings. The molecule has 1 heterocycles. The molecule has 17 heavy (non-hydrogen) atoms. The normalized spacial score (nSPS) is 18.9. The smallest absolute Gasteiger partial charge is 0.314 e. The van der Waals surface area contributed by atoms with Gasteiger partial charge in [0.2, 0.25) is 0 Å². The fraction of sp³-hybridized carbons (Fsp3) is 0.462. The highest BCUT2D eigenvalue weighted by Crippen LogP contribution is 2.35. The minimum atomic E-state index is -0.995. The summed E-state index contributed by atoms with van der Waals surface area (Å²) >= 11 is 0. The van der Waals surface area contributed by atoms with Crippen LogP contribution in [0.5, 0.6) is 0 Å². The van der Waals surface area contributed by atoms with E-state index in [1.807, 2.05) is 0 Å². The predicted octanol–water partition coefficient (Wildman–Crippen LogP) is 2.27. The number of hydrogen-bond donors (Lipinski definition) is 1. The maximum Gasteiger partial charge on any atom is 0.314 e. The minimum absolute atomic E-state index is 0.382. The number of carboxylic acids is 1. The lowest BCUT2D eigenvalue weighted by molar-refractivity contribution is -0.147. The second kappa shape index (κ2) is 4.45. The molecule has 1 aliphatic rings. The molecule has 0 atom stereocenters. The molecule has 0 bridgehead atoms. The highest BCUT2D eigenvalue weighted by molar-refractivity contribution is 5.81. The first kappa shape index (κ1) is 12.0. The van der Waals surface area contributed by atoms with Crippen LogP contribution in [-0.4, -0.2) is 24.3 Å². The molecule has 1 N–H and O–H groups in total. The summed E-state index contributed by atoms with van der Waals surface area (Å²) in [6.07, 6.45) is 0.788. The molecule has 0 saturated carbocycles. The summed E-state index contributed by atoms with van der Waals surface area (Å²) in [5.41, 5.74) is 0.295. The van der Waals surface area contributed by atoms with E-state index in [1.54, 1.807) is 13.0 Å². The van der Waals surface area contributed by atoms with E-state index in [2.05, 4.69) is 0 Å². The van der Waals surface area contributed by atoms with Crippen LogP contribution in [0.2, 0.25) is 0 Å². The van der Waals surface area contributed by atoms with Crippen LogP contribution in [0.25, 0.3) is 0 Å². The fourth-order valence-electron chi connectivity index (χ4n) is 2.36. The van der Waals surface area contributed by atoms with Crippen LogP contribution < -0.4 is 0 Å². The fourth-order valence-corrected chi connectivity index (χ4v) is 2.36. The lowest BCUT2D eigenvalue weighted by atomic mass is 9.74. The van der Waals surface area contributed by atoms with Crippen LogP contribution in [-0.2, 0) is 14.9 Å². The molecule has 1 aliphatic heterocycles. The topological polar surface area (TPSA) is 46.5 Å². The van der Waals surface area contributed by atoms with Crippen LogP contribution in [0.3, 0.4) is 0 Å². The Bertz CT molecular complexity index is 416. The minimum Gasteiger partial charge on any atom is -0.481 e. The molecule has 0 unspecified atom stereocenters. The van der Waals surface area contributed by atoms with E-state index in [0.29, 0.717) is 31.6 Å². The van der Waals surface area contributed by atoms with E-state index in [0.717, 1.165) is 5.56 Å². The molecule has 3 nitrogen and oxygen atoms in total. The maximum atomic E-state index is 13.4. The zero-order valence-electron chi connectivity index (χ0n) is 9.70. The Kier molecular flexibility index (Phi) is 3.15. The number of hydrogen-bond acceptors (Lipinski definition) is 2. The van der Waals surface area contributed by atoms with E-state index < -0.39 is 11.4 Å². The molecule has 0 amide bonds. The van der Waals surface area contributed by atoms with Crippen molar-refractivity contribution in [2.24, 2.45) is 0 Å². The van der Waals surface area contributed by atoms with Gasteiger partial charge in [0.05, 0.1) is 5.41 Å². The Labute approximate surface area is 99.2 Å². The van der Waals surface area contributed by atoms with Crippen LogP contribution >= 0.6 is 0 Å². The van der Waals surface area contributed by atoms with Gasteiger partial charge in [0.1, 0.15) is 5.82 Å². The first-order valence-corrected chi connectivity index (χ1v) is 5.63. The predicted molar refractivity (Wildman–Crippen MR) is 60.5 cm³/mol. The van der Waals surface area contributed by atoms with Crippen molar-refractivity contribution in [2.45, 2.75) is 25.2 Å². The molecule has 1 aromatic carbocycles. The summed E-state index contributed by atoms with van der Waals surface area (Å²) in [6, 6.07) is 4.48. The summed E-state index contributed by atoms with van der Waals surface area (Å²) in [4.78, 5) is 11.5. The zero-order chi connectivity index (χ0) is 12.5. The molecule has 1 aromatic rings. The molecule has 92 valence electrons. The third-order valence-electron chi connectivity index (χ3n) is 3.35. The van der Waals surface area contributed by atoms with E-state index in [1.165, 1.54) is 12.1 Å². The van der Waals surface area contributed by atoms with Gasteiger partial charge in [-0.25, -0.2) is 4.39 Å². The van der Waals surface area contributed by atoms with Crippen LogP contribution in [0.4, 0.5) is 4.39 Å². The van der Waals surface area contributed by atoms with Gasteiger partial charge >= 0.3 is 5.97 Å². The molecule has 2 rings (SSSR count). The largest absolute Gasteiger partial charge is 0.481 e. The van der Waals surface area contributed by atoms with E-state index in [-0.39, 0.29) is 5.82 Å². The first-order chi connectivity index (χ1) is 8.04. The van der Waals surface area contributed by atoms with Gasteiger partial charge in [0.25, 0.3) is 0 Å².